The Morgan fingerprint density at radius 1 is 0.636 bits per heavy atom. The standard InChI is InChI=1S/C22H28/c1-14-17-10-8-16(22(5,6)7)13-20(17)18-11-9-15(12-19(14)18)21(2,3)4/h8-14H,1-7H3. The zero-order chi connectivity index (χ0) is 16.3. The first-order valence-electron chi connectivity index (χ1n) is 8.38. The molecule has 0 radical (unpaired) electrons. The third kappa shape index (κ3) is 2.39. The summed E-state index contributed by atoms with van der Waals surface area (Å²) in [6.07, 6.45) is 0. The first-order valence-corrected chi connectivity index (χ1v) is 8.38. The molecule has 1 unspecified atom stereocenters. The molecule has 0 aromatic heterocycles. The average molecular weight is 292 g/mol. The van der Waals surface area contributed by atoms with Crippen molar-refractivity contribution in [3.05, 3.63) is 58.7 Å². The van der Waals surface area contributed by atoms with Crippen molar-refractivity contribution in [3.63, 3.8) is 0 Å². The Balaban J connectivity index is 2.17. The molecule has 0 bridgehead atoms. The first-order chi connectivity index (χ1) is 10.1. The lowest BCUT2D eigenvalue weighted by Crippen LogP contribution is -2.11. The van der Waals surface area contributed by atoms with Crippen molar-refractivity contribution in [1.29, 1.82) is 0 Å². The zero-order valence-electron chi connectivity index (χ0n) is 15.0. The normalized spacial score (nSPS) is 17.3. The van der Waals surface area contributed by atoms with Gasteiger partial charge in [-0.25, -0.2) is 0 Å². The number of rotatable bonds is 0. The Bertz CT molecular complexity index is 721. The second kappa shape index (κ2) is 4.72. The third-order valence-corrected chi connectivity index (χ3v) is 5.06. The van der Waals surface area contributed by atoms with Gasteiger partial charge in [0.15, 0.2) is 0 Å². The van der Waals surface area contributed by atoms with Gasteiger partial charge >= 0.3 is 0 Å². The molecule has 0 N–H and O–H groups in total. The molecular weight excluding hydrogens is 264 g/mol. The summed E-state index contributed by atoms with van der Waals surface area (Å²) >= 11 is 0. The molecule has 0 saturated carbocycles. The number of fused-ring (bicyclic) bond motifs is 3. The molecule has 2 aromatic carbocycles. The predicted octanol–water partition coefficient (Wildman–Crippen LogP) is 6.41. The van der Waals surface area contributed by atoms with Crippen LogP contribution in [0.5, 0.6) is 0 Å². The highest BCUT2D eigenvalue weighted by Gasteiger charge is 2.28. The lowest BCUT2D eigenvalue weighted by Gasteiger charge is -2.21. The van der Waals surface area contributed by atoms with Gasteiger partial charge in [0.25, 0.3) is 0 Å². The van der Waals surface area contributed by atoms with Gasteiger partial charge in [-0.2, -0.15) is 0 Å². The van der Waals surface area contributed by atoms with Crippen LogP contribution in [0.4, 0.5) is 0 Å². The Kier molecular flexibility index (Phi) is 3.29. The third-order valence-electron chi connectivity index (χ3n) is 5.06. The predicted molar refractivity (Wildman–Crippen MR) is 96.8 cm³/mol. The Morgan fingerprint density at radius 3 is 1.77 bits per heavy atom. The summed E-state index contributed by atoms with van der Waals surface area (Å²) in [7, 11) is 0. The van der Waals surface area contributed by atoms with E-state index in [0.29, 0.717) is 5.92 Å². The van der Waals surface area contributed by atoms with Gasteiger partial charge in [0.2, 0.25) is 0 Å². The van der Waals surface area contributed by atoms with Gasteiger partial charge in [0, 0.05) is 5.92 Å². The maximum Gasteiger partial charge on any atom is 0.00734 e. The number of benzene rings is 2. The van der Waals surface area contributed by atoms with E-state index in [4.69, 9.17) is 0 Å². The van der Waals surface area contributed by atoms with Gasteiger partial charge in [-0.15, -0.1) is 0 Å². The topological polar surface area (TPSA) is 0 Å². The highest BCUT2D eigenvalue weighted by atomic mass is 14.3. The van der Waals surface area contributed by atoms with Crippen LogP contribution < -0.4 is 0 Å². The summed E-state index contributed by atoms with van der Waals surface area (Å²) in [4.78, 5) is 0. The van der Waals surface area contributed by atoms with Gasteiger partial charge in [-0.05, 0) is 44.2 Å². The molecule has 3 rings (SSSR count). The monoisotopic (exact) mass is 292 g/mol. The van der Waals surface area contributed by atoms with Crippen LogP contribution in [0.25, 0.3) is 11.1 Å². The van der Waals surface area contributed by atoms with Crippen LogP contribution in [0.15, 0.2) is 36.4 Å². The van der Waals surface area contributed by atoms with Crippen LogP contribution in [-0.2, 0) is 10.8 Å². The van der Waals surface area contributed by atoms with Crippen LogP contribution in [0.1, 0.15) is 76.6 Å². The van der Waals surface area contributed by atoms with Crippen LogP contribution in [0.3, 0.4) is 0 Å². The van der Waals surface area contributed by atoms with Crippen LogP contribution in [-0.4, -0.2) is 0 Å². The van der Waals surface area contributed by atoms with Crippen molar-refractivity contribution in [2.24, 2.45) is 0 Å². The van der Waals surface area contributed by atoms with Crippen LogP contribution in [0, 0.1) is 0 Å². The minimum absolute atomic E-state index is 0.201. The molecule has 0 aliphatic heterocycles. The maximum absolute atomic E-state index is 2.43. The molecule has 1 aliphatic carbocycles. The largest absolute Gasteiger partial charge is 0.0582 e. The molecule has 1 atom stereocenters. The van der Waals surface area contributed by atoms with Crippen LogP contribution >= 0.6 is 0 Å². The van der Waals surface area contributed by atoms with Crippen molar-refractivity contribution in [2.75, 3.05) is 0 Å². The molecule has 0 spiro atoms. The number of hydrogen-bond donors (Lipinski definition) is 0. The SMILES string of the molecule is CC1c2ccc(C(C)(C)C)cc2-c2ccc(C(C)(C)C)cc21. The second-order valence-electron chi connectivity index (χ2n) is 8.83. The van der Waals surface area contributed by atoms with Gasteiger partial charge < -0.3 is 0 Å². The van der Waals surface area contributed by atoms with Crippen molar-refractivity contribution in [2.45, 2.75) is 65.2 Å². The Hall–Kier alpha value is -1.56. The minimum atomic E-state index is 0.201. The smallest absolute Gasteiger partial charge is 0.00734 e. The highest BCUT2D eigenvalue weighted by molar-refractivity contribution is 5.79. The lowest BCUT2D eigenvalue weighted by atomic mass is 9.84. The van der Waals surface area contributed by atoms with Gasteiger partial charge in [0.05, 0.1) is 0 Å². The quantitative estimate of drug-likeness (QED) is 0.526. The Morgan fingerprint density at radius 2 is 1.18 bits per heavy atom. The van der Waals surface area contributed by atoms with E-state index >= 15 is 0 Å². The average Bonchev–Trinajstić information content (AvgIpc) is 2.70. The van der Waals surface area contributed by atoms with Gasteiger partial charge in [-0.3, -0.25) is 0 Å². The fraction of sp³-hybridized carbons (Fsp3) is 0.455. The van der Waals surface area contributed by atoms with E-state index in [1.807, 2.05) is 0 Å². The number of hydrogen-bond acceptors (Lipinski definition) is 0. The molecule has 0 nitrogen and oxygen atoms in total. The zero-order valence-corrected chi connectivity index (χ0v) is 15.0. The molecular formula is C22H28. The molecule has 1 aliphatic rings. The van der Waals surface area contributed by atoms with E-state index in [9.17, 15) is 0 Å². The maximum atomic E-state index is 2.43. The van der Waals surface area contributed by atoms with Crippen molar-refractivity contribution in [1.82, 2.24) is 0 Å². The molecule has 0 fully saturated rings. The fourth-order valence-corrected chi connectivity index (χ4v) is 3.43. The fourth-order valence-electron chi connectivity index (χ4n) is 3.43. The van der Waals surface area contributed by atoms with Crippen molar-refractivity contribution >= 4 is 0 Å². The summed E-state index contributed by atoms with van der Waals surface area (Å²) < 4.78 is 0. The highest BCUT2D eigenvalue weighted by Crippen LogP contribution is 2.47. The lowest BCUT2D eigenvalue weighted by molar-refractivity contribution is 0.589. The molecule has 0 saturated heterocycles. The van der Waals surface area contributed by atoms with Crippen molar-refractivity contribution in [3.8, 4) is 11.1 Å². The molecule has 0 amide bonds. The van der Waals surface area contributed by atoms with Crippen molar-refractivity contribution < 1.29 is 0 Å². The minimum Gasteiger partial charge on any atom is -0.0582 e. The van der Waals surface area contributed by atoms with E-state index < -0.39 is 0 Å². The van der Waals surface area contributed by atoms with E-state index in [0.717, 1.165) is 0 Å². The summed E-state index contributed by atoms with van der Waals surface area (Å²) in [6.45, 7) is 16.1. The van der Waals surface area contributed by atoms with E-state index in [-0.39, 0.29) is 10.8 Å². The molecule has 2 aromatic rings. The van der Waals surface area contributed by atoms with Gasteiger partial charge in [0.1, 0.15) is 0 Å². The summed E-state index contributed by atoms with van der Waals surface area (Å²) in [5.74, 6) is 0.501. The molecule has 116 valence electrons. The summed E-state index contributed by atoms with van der Waals surface area (Å²) in [6, 6.07) is 14.1. The molecule has 0 heterocycles. The molecule has 22 heavy (non-hydrogen) atoms. The summed E-state index contributed by atoms with van der Waals surface area (Å²) in [5.41, 5.74) is 9.11. The second-order valence-corrected chi connectivity index (χ2v) is 8.83. The molecule has 0 heteroatoms. The Labute approximate surface area is 135 Å². The van der Waals surface area contributed by atoms with Gasteiger partial charge in [-0.1, -0.05) is 84.9 Å². The van der Waals surface area contributed by atoms with E-state index in [1.165, 1.54) is 33.4 Å². The van der Waals surface area contributed by atoms with E-state index in [2.05, 4.69) is 84.9 Å². The first kappa shape index (κ1) is 15.3. The van der Waals surface area contributed by atoms with E-state index in [1.54, 1.807) is 0 Å². The summed E-state index contributed by atoms with van der Waals surface area (Å²) in [5, 5.41) is 0. The van der Waals surface area contributed by atoms with Crippen LogP contribution in [0.2, 0.25) is 0 Å².